The van der Waals surface area contributed by atoms with E-state index in [1.807, 2.05) is 24.9 Å². The van der Waals surface area contributed by atoms with Gasteiger partial charge in [-0.2, -0.15) is 7.05 Å². The Morgan fingerprint density at radius 2 is 1.65 bits per heavy atom. The van der Waals surface area contributed by atoms with Crippen molar-refractivity contribution in [3.63, 3.8) is 0 Å². The van der Waals surface area contributed by atoms with Gasteiger partial charge in [0.15, 0.2) is 0 Å². The van der Waals surface area contributed by atoms with E-state index in [1.54, 1.807) is 0 Å². The van der Waals surface area contributed by atoms with Gasteiger partial charge in [0.1, 0.15) is 0 Å². The second-order valence-electron chi connectivity index (χ2n) is 3.81. The second-order valence-corrected chi connectivity index (χ2v) is 4.93. The molecule has 0 fully saturated rings. The van der Waals surface area contributed by atoms with Gasteiger partial charge < -0.3 is 5.32 Å². The Morgan fingerprint density at radius 1 is 0.941 bits per heavy atom. The van der Waals surface area contributed by atoms with E-state index in [-0.39, 0.29) is 0 Å². The molecule has 0 radical (unpaired) electrons. The van der Waals surface area contributed by atoms with Gasteiger partial charge in [0.2, 0.25) is 0 Å². The summed E-state index contributed by atoms with van der Waals surface area (Å²) in [5, 5.41) is 4.17. The molecule has 0 saturated heterocycles. The van der Waals surface area contributed by atoms with Crippen LogP contribution in [0, 0.1) is 0 Å². The third-order valence-corrected chi connectivity index (χ3v) is 3.67. The summed E-state index contributed by atoms with van der Waals surface area (Å²) in [6, 6.07) is 19.1. The first-order valence-electron chi connectivity index (χ1n) is 5.76. The standard InChI is InChI=1S/C15H16NS/c1-16-12-11-13-7-5-6-10-15(13)17-14-8-3-2-4-9-14/h2-10H,11-12H2,1H3/q-1. The van der Waals surface area contributed by atoms with E-state index in [1.165, 1.54) is 15.4 Å². The normalized spacial score (nSPS) is 10.4. The molecule has 0 aliphatic heterocycles. The predicted octanol–water partition coefficient (Wildman–Crippen LogP) is 4.38. The molecule has 0 bridgehead atoms. The van der Waals surface area contributed by atoms with Gasteiger partial charge in [-0.05, 0) is 30.2 Å². The van der Waals surface area contributed by atoms with Gasteiger partial charge in [-0.1, -0.05) is 48.2 Å². The van der Waals surface area contributed by atoms with Gasteiger partial charge in [0, 0.05) is 9.79 Å². The average Bonchev–Trinajstić information content (AvgIpc) is 2.39. The van der Waals surface area contributed by atoms with Crippen molar-refractivity contribution in [2.45, 2.75) is 16.2 Å². The fraction of sp³-hybridized carbons (Fsp3) is 0.200. The Morgan fingerprint density at radius 3 is 2.41 bits per heavy atom. The zero-order valence-electron chi connectivity index (χ0n) is 9.97. The monoisotopic (exact) mass is 242 g/mol. The Kier molecular flexibility index (Phi) is 4.65. The van der Waals surface area contributed by atoms with Crippen LogP contribution in [-0.4, -0.2) is 13.6 Å². The Hall–Kier alpha value is -1.25. The molecule has 0 aromatic heterocycles. The van der Waals surface area contributed by atoms with Gasteiger partial charge in [-0.25, -0.2) is 0 Å². The summed E-state index contributed by atoms with van der Waals surface area (Å²) < 4.78 is 0. The van der Waals surface area contributed by atoms with Crippen LogP contribution in [0.4, 0.5) is 0 Å². The minimum Gasteiger partial charge on any atom is -0.665 e. The van der Waals surface area contributed by atoms with E-state index in [0.29, 0.717) is 0 Å². The van der Waals surface area contributed by atoms with E-state index in [2.05, 4.69) is 53.8 Å². The molecule has 2 heteroatoms. The second kappa shape index (κ2) is 6.48. The van der Waals surface area contributed by atoms with Crippen LogP contribution in [-0.2, 0) is 6.42 Å². The number of hydrogen-bond donors (Lipinski definition) is 0. The lowest BCUT2D eigenvalue weighted by Gasteiger charge is -2.13. The summed E-state index contributed by atoms with van der Waals surface area (Å²) >= 11 is 1.82. The minimum absolute atomic E-state index is 0.895. The SMILES string of the molecule is C[N-]CCc1ccccc1Sc1ccccc1. The fourth-order valence-corrected chi connectivity index (χ4v) is 2.65. The Labute approximate surface area is 107 Å². The number of likely N-dealkylation sites (N-methyl/N-ethyl adjacent to an activating group) is 1. The molecule has 0 spiro atoms. The van der Waals surface area contributed by atoms with Crippen LogP contribution in [0.15, 0.2) is 64.4 Å². The molecule has 17 heavy (non-hydrogen) atoms. The number of hydrogen-bond acceptors (Lipinski definition) is 1. The fourth-order valence-electron chi connectivity index (χ4n) is 1.66. The third-order valence-electron chi connectivity index (χ3n) is 2.55. The zero-order valence-corrected chi connectivity index (χ0v) is 10.8. The van der Waals surface area contributed by atoms with Crippen molar-refractivity contribution in [2.75, 3.05) is 13.6 Å². The van der Waals surface area contributed by atoms with Crippen LogP contribution >= 0.6 is 11.8 Å². The van der Waals surface area contributed by atoms with Crippen LogP contribution in [0.1, 0.15) is 5.56 Å². The van der Waals surface area contributed by atoms with Crippen molar-refractivity contribution in [1.82, 2.24) is 0 Å². The van der Waals surface area contributed by atoms with Gasteiger partial charge in [0.05, 0.1) is 0 Å². The quantitative estimate of drug-likeness (QED) is 0.758. The van der Waals surface area contributed by atoms with Crippen LogP contribution in [0.25, 0.3) is 5.32 Å². The van der Waals surface area contributed by atoms with Gasteiger partial charge >= 0.3 is 0 Å². The lowest BCUT2D eigenvalue weighted by molar-refractivity contribution is 1.01. The lowest BCUT2D eigenvalue weighted by atomic mass is 10.1. The summed E-state index contributed by atoms with van der Waals surface area (Å²) in [6.45, 7) is 0.895. The molecule has 0 N–H and O–H groups in total. The van der Waals surface area contributed by atoms with Crippen LogP contribution in [0.2, 0.25) is 0 Å². The predicted molar refractivity (Wildman–Crippen MR) is 74.9 cm³/mol. The maximum atomic E-state index is 4.17. The maximum absolute atomic E-state index is 4.17. The molecule has 0 aliphatic rings. The van der Waals surface area contributed by atoms with E-state index >= 15 is 0 Å². The highest BCUT2D eigenvalue weighted by Crippen LogP contribution is 2.30. The molecule has 88 valence electrons. The molecule has 2 aromatic carbocycles. The molecule has 2 rings (SSSR count). The highest BCUT2D eigenvalue weighted by molar-refractivity contribution is 7.99. The van der Waals surface area contributed by atoms with Crippen molar-refractivity contribution in [3.05, 3.63) is 65.5 Å². The van der Waals surface area contributed by atoms with Crippen molar-refractivity contribution >= 4 is 11.8 Å². The summed E-state index contributed by atoms with van der Waals surface area (Å²) in [6.07, 6.45) is 1.02. The molecule has 0 atom stereocenters. The molecule has 1 nitrogen and oxygen atoms in total. The van der Waals surface area contributed by atoms with Crippen LogP contribution in [0.5, 0.6) is 0 Å². The summed E-state index contributed by atoms with van der Waals surface area (Å²) in [7, 11) is 1.87. The van der Waals surface area contributed by atoms with E-state index in [4.69, 9.17) is 0 Å². The summed E-state index contributed by atoms with van der Waals surface area (Å²) in [4.78, 5) is 2.62. The number of nitrogens with zero attached hydrogens (tertiary/aromatic N) is 1. The topological polar surface area (TPSA) is 14.1 Å². The molecule has 0 amide bonds. The molecule has 0 saturated carbocycles. The van der Waals surface area contributed by atoms with E-state index < -0.39 is 0 Å². The molecule has 2 aromatic rings. The van der Waals surface area contributed by atoms with Gasteiger partial charge in [0.25, 0.3) is 0 Å². The lowest BCUT2D eigenvalue weighted by Crippen LogP contribution is -1.92. The first-order chi connectivity index (χ1) is 8.40. The molecule has 0 heterocycles. The van der Waals surface area contributed by atoms with Crippen LogP contribution in [0.3, 0.4) is 0 Å². The Balaban J connectivity index is 2.15. The van der Waals surface area contributed by atoms with E-state index in [0.717, 1.165) is 13.0 Å². The molecule has 0 aliphatic carbocycles. The largest absolute Gasteiger partial charge is 0.665 e. The molecule has 0 unspecified atom stereocenters. The summed E-state index contributed by atoms with van der Waals surface area (Å²) in [5.74, 6) is 0. The first kappa shape index (κ1) is 12.2. The van der Waals surface area contributed by atoms with Crippen molar-refractivity contribution < 1.29 is 0 Å². The van der Waals surface area contributed by atoms with Crippen LogP contribution < -0.4 is 0 Å². The third kappa shape index (κ3) is 3.62. The average molecular weight is 242 g/mol. The highest BCUT2D eigenvalue weighted by atomic mass is 32.2. The first-order valence-corrected chi connectivity index (χ1v) is 6.58. The van der Waals surface area contributed by atoms with Gasteiger partial charge in [-0.15, -0.1) is 6.54 Å². The zero-order chi connectivity index (χ0) is 11.9. The minimum atomic E-state index is 0.895. The van der Waals surface area contributed by atoms with Crippen molar-refractivity contribution in [3.8, 4) is 0 Å². The molecular weight excluding hydrogens is 226 g/mol. The number of rotatable bonds is 5. The number of benzene rings is 2. The van der Waals surface area contributed by atoms with Gasteiger partial charge in [-0.3, -0.25) is 0 Å². The summed E-state index contributed by atoms with van der Waals surface area (Å²) in [5.41, 5.74) is 1.38. The van der Waals surface area contributed by atoms with Crippen molar-refractivity contribution in [2.24, 2.45) is 0 Å². The smallest absolute Gasteiger partial charge is 0.0153 e. The van der Waals surface area contributed by atoms with Crippen molar-refractivity contribution in [1.29, 1.82) is 0 Å². The Bertz CT molecular complexity index is 453. The maximum Gasteiger partial charge on any atom is 0.0153 e. The van der Waals surface area contributed by atoms with E-state index in [9.17, 15) is 0 Å². The highest BCUT2D eigenvalue weighted by Gasteiger charge is 2.01. The molecular formula is C15H16NS-.